The molecule has 3 nitrogen and oxygen atoms in total. The van der Waals surface area contributed by atoms with Gasteiger partial charge in [0, 0.05) is 13.1 Å². The fourth-order valence-electron chi connectivity index (χ4n) is 0.811. The molecular weight excluding hydrogens is 143 g/mol. The van der Waals surface area contributed by atoms with Crippen LogP contribution in [0.15, 0.2) is 0 Å². The molecule has 0 radical (unpaired) electrons. The zero-order chi connectivity index (χ0) is 8.69. The summed E-state index contributed by atoms with van der Waals surface area (Å²) in [5, 5.41) is 8.68. The predicted molar refractivity (Wildman–Crippen MR) is 46.5 cm³/mol. The zero-order valence-corrected chi connectivity index (χ0v) is 7.54. The summed E-state index contributed by atoms with van der Waals surface area (Å²) >= 11 is 0. The lowest BCUT2D eigenvalue weighted by atomic mass is 10.0. The monoisotopic (exact) mass is 160 g/mol. The van der Waals surface area contributed by atoms with Crippen LogP contribution >= 0.6 is 0 Å². The van der Waals surface area contributed by atoms with E-state index < -0.39 is 0 Å². The Morgan fingerprint density at radius 3 is 2.55 bits per heavy atom. The van der Waals surface area contributed by atoms with E-state index in [1.54, 1.807) is 7.11 Å². The highest BCUT2D eigenvalue weighted by Crippen LogP contribution is 2.00. The quantitative estimate of drug-likeness (QED) is 0.526. The van der Waals surface area contributed by atoms with E-state index in [0.717, 1.165) is 6.42 Å². The van der Waals surface area contributed by atoms with Crippen LogP contribution in [0, 0.1) is 0 Å². The molecular formula is C7H17BO3. The van der Waals surface area contributed by atoms with E-state index in [2.05, 4.69) is 0 Å². The maximum absolute atomic E-state index is 8.68. The molecule has 0 aliphatic carbocycles. The molecule has 0 aromatic heterocycles. The Labute approximate surface area is 69.1 Å². The van der Waals surface area contributed by atoms with Crippen molar-refractivity contribution in [2.45, 2.75) is 25.5 Å². The summed E-state index contributed by atoms with van der Waals surface area (Å²) in [6, 6.07) is -0.0879. The highest BCUT2D eigenvalue weighted by atomic mass is 16.5. The van der Waals surface area contributed by atoms with Crippen LogP contribution in [0.1, 0.15) is 13.3 Å². The Morgan fingerprint density at radius 2 is 2.18 bits per heavy atom. The van der Waals surface area contributed by atoms with Crippen LogP contribution in [0.5, 0.6) is 0 Å². The first-order valence-corrected chi connectivity index (χ1v) is 3.99. The normalized spacial score (nSPS) is 16.3. The van der Waals surface area contributed by atoms with Crippen molar-refractivity contribution >= 4 is 7.85 Å². The van der Waals surface area contributed by atoms with Crippen LogP contribution < -0.4 is 0 Å². The lowest BCUT2D eigenvalue weighted by Gasteiger charge is -2.19. The Hall–Kier alpha value is -0.0551. The van der Waals surface area contributed by atoms with E-state index in [9.17, 15) is 0 Å². The summed E-state index contributed by atoms with van der Waals surface area (Å²) in [6.07, 6.45) is 1.03. The Balaban J connectivity index is 3.49. The van der Waals surface area contributed by atoms with Gasteiger partial charge >= 0.3 is 0 Å². The van der Waals surface area contributed by atoms with Crippen molar-refractivity contribution in [1.82, 2.24) is 0 Å². The standard InChI is InChI=1S/C7H17BO3/c1-3-6(5-10-2)11-7(8)4-9/h6-7,9H,3-5,8H2,1-2H3/t6-,7+/m0/s1. The molecule has 0 fully saturated rings. The first-order valence-electron chi connectivity index (χ1n) is 3.99. The van der Waals surface area contributed by atoms with Gasteiger partial charge in [-0.3, -0.25) is 0 Å². The second kappa shape index (κ2) is 6.64. The van der Waals surface area contributed by atoms with E-state index in [1.165, 1.54) is 0 Å². The van der Waals surface area contributed by atoms with Crippen molar-refractivity contribution < 1.29 is 14.6 Å². The SMILES string of the molecule is B[C@@H](CO)O[C@@H](CC)COC. The van der Waals surface area contributed by atoms with E-state index in [-0.39, 0.29) is 18.7 Å². The van der Waals surface area contributed by atoms with E-state index in [1.807, 2.05) is 14.8 Å². The summed E-state index contributed by atoms with van der Waals surface area (Å²) in [4.78, 5) is 0. The van der Waals surface area contributed by atoms with Gasteiger partial charge in [0.2, 0.25) is 0 Å². The van der Waals surface area contributed by atoms with E-state index >= 15 is 0 Å². The maximum atomic E-state index is 8.68. The van der Waals surface area contributed by atoms with Gasteiger partial charge in [-0.15, -0.1) is 0 Å². The highest BCUT2D eigenvalue weighted by Gasteiger charge is 2.09. The Bertz CT molecular complexity index is 89.8. The molecule has 0 aromatic carbocycles. The molecule has 2 atom stereocenters. The van der Waals surface area contributed by atoms with Crippen LogP contribution in [-0.2, 0) is 9.47 Å². The third-order valence-electron chi connectivity index (χ3n) is 1.49. The molecule has 0 amide bonds. The number of rotatable bonds is 6. The molecule has 0 aliphatic rings. The van der Waals surface area contributed by atoms with Gasteiger partial charge in [-0.1, -0.05) is 6.92 Å². The molecule has 0 unspecified atom stereocenters. The van der Waals surface area contributed by atoms with Crippen molar-refractivity contribution in [3.8, 4) is 0 Å². The number of ether oxygens (including phenoxy) is 2. The van der Waals surface area contributed by atoms with Gasteiger partial charge in [0.25, 0.3) is 0 Å². The summed E-state index contributed by atoms with van der Waals surface area (Å²) in [5.41, 5.74) is 0. The van der Waals surface area contributed by atoms with Gasteiger partial charge in [0.1, 0.15) is 7.85 Å². The molecule has 4 heteroatoms. The van der Waals surface area contributed by atoms with Gasteiger partial charge in [-0.25, -0.2) is 0 Å². The molecule has 0 rings (SSSR count). The molecule has 0 aromatic rings. The van der Waals surface area contributed by atoms with Gasteiger partial charge in [-0.2, -0.15) is 0 Å². The lowest BCUT2D eigenvalue weighted by Crippen LogP contribution is -2.28. The molecule has 66 valence electrons. The largest absolute Gasteiger partial charge is 0.394 e. The fourth-order valence-corrected chi connectivity index (χ4v) is 0.811. The number of aliphatic hydroxyl groups excluding tert-OH is 1. The minimum absolute atomic E-state index is 0.0697. The molecule has 0 heterocycles. The number of hydrogen-bond acceptors (Lipinski definition) is 3. The topological polar surface area (TPSA) is 38.7 Å². The molecule has 0 aliphatic heterocycles. The van der Waals surface area contributed by atoms with Crippen molar-refractivity contribution in [2.24, 2.45) is 0 Å². The number of aliphatic hydroxyl groups is 1. The first kappa shape index (κ1) is 10.9. The Kier molecular flexibility index (Phi) is 6.61. The van der Waals surface area contributed by atoms with Crippen LogP contribution in [0.2, 0.25) is 0 Å². The van der Waals surface area contributed by atoms with Gasteiger partial charge in [-0.05, 0) is 6.42 Å². The average molecular weight is 160 g/mol. The average Bonchev–Trinajstić information content (AvgIpc) is 2.03. The summed E-state index contributed by atoms with van der Waals surface area (Å²) in [5.74, 6) is 0. The van der Waals surface area contributed by atoms with E-state index in [4.69, 9.17) is 14.6 Å². The minimum atomic E-state index is -0.0879. The Morgan fingerprint density at radius 1 is 1.55 bits per heavy atom. The third kappa shape index (κ3) is 5.24. The van der Waals surface area contributed by atoms with Gasteiger partial charge < -0.3 is 14.6 Å². The third-order valence-corrected chi connectivity index (χ3v) is 1.49. The van der Waals surface area contributed by atoms with Gasteiger partial charge in [0.15, 0.2) is 0 Å². The van der Waals surface area contributed by atoms with Crippen LogP contribution in [0.25, 0.3) is 0 Å². The molecule has 1 N–H and O–H groups in total. The van der Waals surface area contributed by atoms with E-state index in [0.29, 0.717) is 6.61 Å². The van der Waals surface area contributed by atoms with Crippen LogP contribution in [-0.4, -0.2) is 45.4 Å². The smallest absolute Gasteiger partial charge is 0.142 e. The van der Waals surface area contributed by atoms with Crippen molar-refractivity contribution in [2.75, 3.05) is 20.3 Å². The van der Waals surface area contributed by atoms with Crippen molar-refractivity contribution in [3.05, 3.63) is 0 Å². The first-order chi connectivity index (χ1) is 5.24. The highest BCUT2D eigenvalue weighted by molar-refractivity contribution is 6.11. The molecule has 11 heavy (non-hydrogen) atoms. The predicted octanol–water partition coefficient (Wildman–Crippen LogP) is -0.621. The fraction of sp³-hybridized carbons (Fsp3) is 1.00. The van der Waals surface area contributed by atoms with Gasteiger partial charge in [0.05, 0.1) is 19.3 Å². The summed E-state index contributed by atoms with van der Waals surface area (Å²) < 4.78 is 10.3. The molecule has 0 saturated carbocycles. The number of methoxy groups -OCH3 is 1. The van der Waals surface area contributed by atoms with Crippen molar-refractivity contribution in [1.29, 1.82) is 0 Å². The second-order valence-electron chi connectivity index (χ2n) is 2.61. The second-order valence-corrected chi connectivity index (χ2v) is 2.61. The summed E-state index contributed by atoms with van der Waals surface area (Å²) in [6.45, 7) is 2.70. The maximum Gasteiger partial charge on any atom is 0.142 e. The summed E-state index contributed by atoms with van der Waals surface area (Å²) in [7, 11) is 3.49. The molecule has 0 bridgehead atoms. The minimum Gasteiger partial charge on any atom is -0.394 e. The number of hydrogen-bond donors (Lipinski definition) is 1. The molecule has 0 spiro atoms. The van der Waals surface area contributed by atoms with Crippen molar-refractivity contribution in [3.63, 3.8) is 0 Å². The zero-order valence-electron chi connectivity index (χ0n) is 7.54. The van der Waals surface area contributed by atoms with Crippen LogP contribution in [0.4, 0.5) is 0 Å². The van der Waals surface area contributed by atoms with Crippen LogP contribution in [0.3, 0.4) is 0 Å². The molecule has 0 saturated heterocycles. The lowest BCUT2D eigenvalue weighted by molar-refractivity contribution is -0.0352.